The fourth-order valence-electron chi connectivity index (χ4n) is 1.66. The third-order valence-electron chi connectivity index (χ3n) is 2.62. The van der Waals surface area contributed by atoms with Gasteiger partial charge in [-0.1, -0.05) is 41.4 Å². The first-order chi connectivity index (χ1) is 9.61. The molecule has 1 amide bonds. The van der Waals surface area contributed by atoms with Gasteiger partial charge in [-0.3, -0.25) is 10.2 Å². The van der Waals surface area contributed by atoms with E-state index in [1.165, 1.54) is 11.8 Å². The molecule has 20 heavy (non-hydrogen) atoms. The molecule has 0 saturated carbocycles. The van der Waals surface area contributed by atoms with Crippen LogP contribution in [-0.2, 0) is 5.75 Å². The fraction of sp³-hybridized carbons (Fsp3) is 0.0714. The van der Waals surface area contributed by atoms with Crippen LogP contribution in [0.1, 0.15) is 15.9 Å². The van der Waals surface area contributed by atoms with Gasteiger partial charge in [-0.2, -0.15) is 0 Å². The Morgan fingerprint density at radius 3 is 2.45 bits per heavy atom. The Morgan fingerprint density at radius 2 is 1.80 bits per heavy atom. The standard InChI is InChI=1S/C14H12Cl2N2OS/c15-11-5-2-6-12(16)13(11)20-8-9-3-1-4-10(7-9)14(19)18-17/h1-7H,8,17H2,(H,18,19). The largest absolute Gasteiger partial charge is 0.290 e. The van der Waals surface area contributed by atoms with Crippen LogP contribution in [0.25, 0.3) is 0 Å². The summed E-state index contributed by atoms with van der Waals surface area (Å²) in [5, 5.41) is 1.25. The molecule has 0 aliphatic rings. The number of rotatable bonds is 4. The van der Waals surface area contributed by atoms with Crippen molar-refractivity contribution in [3.05, 3.63) is 63.6 Å². The van der Waals surface area contributed by atoms with E-state index in [4.69, 9.17) is 29.0 Å². The summed E-state index contributed by atoms with van der Waals surface area (Å²) < 4.78 is 0. The zero-order valence-corrected chi connectivity index (χ0v) is 12.7. The molecule has 0 aromatic heterocycles. The topological polar surface area (TPSA) is 55.1 Å². The van der Waals surface area contributed by atoms with Crippen LogP contribution in [0.3, 0.4) is 0 Å². The first kappa shape index (κ1) is 15.2. The molecule has 0 saturated heterocycles. The third-order valence-corrected chi connectivity index (χ3v) is 4.68. The highest BCUT2D eigenvalue weighted by molar-refractivity contribution is 7.98. The molecular weight excluding hydrogens is 315 g/mol. The molecule has 0 radical (unpaired) electrons. The van der Waals surface area contributed by atoms with Crippen molar-refractivity contribution in [1.82, 2.24) is 5.43 Å². The van der Waals surface area contributed by atoms with E-state index >= 15 is 0 Å². The van der Waals surface area contributed by atoms with Gasteiger partial charge >= 0.3 is 0 Å². The predicted octanol–water partition coefficient (Wildman–Crippen LogP) is 3.89. The summed E-state index contributed by atoms with van der Waals surface area (Å²) in [5.41, 5.74) is 3.63. The quantitative estimate of drug-likeness (QED) is 0.388. The number of benzene rings is 2. The van der Waals surface area contributed by atoms with Gasteiger partial charge in [-0.05, 0) is 29.8 Å². The van der Waals surface area contributed by atoms with Crippen molar-refractivity contribution in [2.45, 2.75) is 10.6 Å². The molecule has 0 bridgehead atoms. The number of nitrogens with one attached hydrogen (secondary N) is 1. The van der Waals surface area contributed by atoms with Crippen LogP contribution >= 0.6 is 35.0 Å². The van der Waals surface area contributed by atoms with Gasteiger partial charge in [0.25, 0.3) is 5.91 Å². The van der Waals surface area contributed by atoms with Crippen LogP contribution in [0.15, 0.2) is 47.4 Å². The molecule has 2 aromatic carbocycles. The van der Waals surface area contributed by atoms with Gasteiger partial charge in [-0.15, -0.1) is 11.8 Å². The summed E-state index contributed by atoms with van der Waals surface area (Å²) in [6.07, 6.45) is 0. The Bertz CT molecular complexity index is 614. The number of hydrazine groups is 1. The second-order valence-corrected chi connectivity index (χ2v) is 5.81. The minimum atomic E-state index is -0.312. The highest BCUT2D eigenvalue weighted by Crippen LogP contribution is 2.35. The van der Waals surface area contributed by atoms with Crippen molar-refractivity contribution in [2.75, 3.05) is 0 Å². The molecule has 0 unspecified atom stereocenters. The molecule has 104 valence electrons. The third kappa shape index (κ3) is 3.67. The number of thioether (sulfide) groups is 1. The Kier molecular flexibility index (Phi) is 5.31. The number of amides is 1. The van der Waals surface area contributed by atoms with E-state index < -0.39 is 0 Å². The lowest BCUT2D eigenvalue weighted by molar-refractivity contribution is 0.0953. The van der Waals surface area contributed by atoms with Crippen LogP contribution in [-0.4, -0.2) is 5.91 Å². The van der Waals surface area contributed by atoms with Crippen LogP contribution in [0.4, 0.5) is 0 Å². The van der Waals surface area contributed by atoms with Crippen molar-refractivity contribution in [1.29, 1.82) is 0 Å². The number of carbonyl (C=O) groups is 1. The lowest BCUT2D eigenvalue weighted by Crippen LogP contribution is -2.29. The molecule has 0 fully saturated rings. The van der Waals surface area contributed by atoms with E-state index in [1.807, 2.05) is 12.1 Å². The second kappa shape index (κ2) is 6.99. The predicted molar refractivity (Wildman–Crippen MR) is 84.1 cm³/mol. The molecule has 0 aliphatic carbocycles. The molecule has 0 heterocycles. The smallest absolute Gasteiger partial charge is 0.265 e. The van der Waals surface area contributed by atoms with Crippen LogP contribution in [0.2, 0.25) is 10.0 Å². The van der Waals surface area contributed by atoms with Gasteiger partial charge in [0, 0.05) is 16.2 Å². The Hall–Kier alpha value is -1.20. The molecule has 2 rings (SSSR count). The van der Waals surface area contributed by atoms with Crippen molar-refractivity contribution >= 4 is 40.9 Å². The summed E-state index contributed by atoms with van der Waals surface area (Å²) in [7, 11) is 0. The van der Waals surface area contributed by atoms with Crippen molar-refractivity contribution in [2.24, 2.45) is 5.84 Å². The highest BCUT2D eigenvalue weighted by Gasteiger charge is 2.08. The maximum Gasteiger partial charge on any atom is 0.265 e. The van der Waals surface area contributed by atoms with E-state index in [9.17, 15) is 4.79 Å². The minimum absolute atomic E-state index is 0.312. The number of hydrogen-bond acceptors (Lipinski definition) is 3. The van der Waals surface area contributed by atoms with Gasteiger partial charge in [0.15, 0.2) is 0 Å². The van der Waals surface area contributed by atoms with Crippen LogP contribution in [0, 0.1) is 0 Å². The molecule has 0 aliphatic heterocycles. The summed E-state index contributed by atoms with van der Waals surface area (Å²) in [4.78, 5) is 12.3. The van der Waals surface area contributed by atoms with Gasteiger partial charge in [-0.25, -0.2) is 5.84 Å². The van der Waals surface area contributed by atoms with Crippen molar-refractivity contribution in [3.8, 4) is 0 Å². The van der Waals surface area contributed by atoms with Crippen molar-refractivity contribution < 1.29 is 4.79 Å². The molecule has 3 nitrogen and oxygen atoms in total. The average Bonchev–Trinajstić information content (AvgIpc) is 2.46. The Morgan fingerprint density at radius 1 is 1.15 bits per heavy atom. The van der Waals surface area contributed by atoms with E-state index in [2.05, 4.69) is 5.43 Å². The second-order valence-electron chi connectivity index (χ2n) is 4.01. The molecule has 0 atom stereocenters. The first-order valence-corrected chi connectivity index (χ1v) is 7.52. The number of carbonyl (C=O) groups excluding carboxylic acids is 1. The average molecular weight is 327 g/mol. The molecular formula is C14H12Cl2N2OS. The first-order valence-electron chi connectivity index (χ1n) is 5.78. The van der Waals surface area contributed by atoms with E-state index in [-0.39, 0.29) is 5.91 Å². The van der Waals surface area contributed by atoms with E-state index in [1.54, 1.807) is 30.3 Å². The normalized spacial score (nSPS) is 10.3. The number of hydrogen-bond donors (Lipinski definition) is 2. The fourth-order valence-corrected chi connectivity index (χ4v) is 3.29. The maximum absolute atomic E-state index is 11.5. The van der Waals surface area contributed by atoms with E-state index in [0.717, 1.165) is 10.5 Å². The van der Waals surface area contributed by atoms with Crippen LogP contribution in [0.5, 0.6) is 0 Å². The summed E-state index contributed by atoms with van der Waals surface area (Å²) in [5.74, 6) is 5.47. The lowest BCUT2D eigenvalue weighted by atomic mass is 10.1. The maximum atomic E-state index is 11.5. The van der Waals surface area contributed by atoms with Gasteiger partial charge in [0.05, 0.1) is 10.0 Å². The summed E-state index contributed by atoms with van der Waals surface area (Å²) in [6.45, 7) is 0. The Balaban J connectivity index is 2.13. The number of nitrogen functional groups attached to an aromatic ring is 1. The van der Waals surface area contributed by atoms with Gasteiger partial charge in [0.2, 0.25) is 0 Å². The van der Waals surface area contributed by atoms with Crippen LogP contribution < -0.4 is 11.3 Å². The highest BCUT2D eigenvalue weighted by atomic mass is 35.5. The summed E-state index contributed by atoms with van der Waals surface area (Å²) in [6, 6.07) is 12.7. The Labute approximate surface area is 131 Å². The minimum Gasteiger partial charge on any atom is -0.290 e. The number of nitrogens with two attached hydrogens (primary N) is 1. The number of halogens is 2. The SMILES string of the molecule is NNC(=O)c1cccc(CSc2c(Cl)cccc2Cl)c1. The molecule has 3 N–H and O–H groups in total. The van der Waals surface area contributed by atoms with Gasteiger partial charge < -0.3 is 0 Å². The monoisotopic (exact) mass is 326 g/mol. The van der Waals surface area contributed by atoms with Gasteiger partial charge in [0.1, 0.15) is 0 Å². The lowest BCUT2D eigenvalue weighted by Gasteiger charge is -2.07. The summed E-state index contributed by atoms with van der Waals surface area (Å²) >= 11 is 13.8. The zero-order valence-electron chi connectivity index (χ0n) is 10.4. The molecule has 0 spiro atoms. The molecule has 6 heteroatoms. The zero-order chi connectivity index (χ0) is 14.5. The van der Waals surface area contributed by atoms with Crippen molar-refractivity contribution in [3.63, 3.8) is 0 Å². The molecule has 2 aromatic rings. The van der Waals surface area contributed by atoms with E-state index in [0.29, 0.717) is 21.4 Å².